The molecule has 13 heteroatoms. The number of hydrogen-bond acceptors (Lipinski definition) is 10. The standard InChI is InChI=1S/C6H8O8.C4H9N3O2/c7-3(8)1-6(12,5(10)11)2-4(9)14-13;1-7(4(5)6)2-3(8)9/h12-13H,1-2H2,(H,7,8)(H,10,11);2H2,1H3,(H3,5,6)(H,8,9)/p-2. The molecule has 0 spiro atoms. The molecule has 0 saturated heterocycles. The summed E-state index contributed by atoms with van der Waals surface area (Å²) >= 11 is 0. The SMILES string of the molecule is CN(CC(=O)O)C(=N)N.O=C([O-])CC(O)(CC(=O)OO)C(=O)[O-]. The van der Waals surface area contributed by atoms with Crippen molar-refractivity contribution in [2.24, 2.45) is 5.73 Å². The quantitative estimate of drug-likeness (QED) is 0.127. The number of aliphatic carboxylic acids is 3. The van der Waals surface area contributed by atoms with E-state index in [0.29, 0.717) is 0 Å². The molecule has 0 bridgehead atoms. The number of hydrogen-bond donors (Lipinski definition) is 5. The normalized spacial score (nSPS) is 12.0. The Morgan fingerprint density at radius 2 is 1.74 bits per heavy atom. The number of guanidine groups is 1. The lowest BCUT2D eigenvalue weighted by Crippen LogP contribution is -2.52. The first-order chi connectivity index (χ1) is 10.4. The fourth-order valence-electron chi connectivity index (χ4n) is 1.00. The number of carboxylic acid groups (broad SMARTS) is 3. The molecule has 1 atom stereocenters. The number of aliphatic hydroxyl groups is 1. The molecule has 0 radical (unpaired) electrons. The van der Waals surface area contributed by atoms with Crippen LogP contribution < -0.4 is 15.9 Å². The molecule has 0 aromatic carbocycles. The summed E-state index contributed by atoms with van der Waals surface area (Å²) in [5.74, 6) is -6.79. The van der Waals surface area contributed by atoms with Gasteiger partial charge in [-0.25, -0.2) is 4.79 Å². The van der Waals surface area contributed by atoms with Crippen molar-refractivity contribution in [3.05, 3.63) is 0 Å². The Balaban J connectivity index is 0. The Labute approximate surface area is 128 Å². The van der Waals surface area contributed by atoms with Crippen molar-refractivity contribution in [1.82, 2.24) is 4.90 Å². The number of nitrogens with zero attached hydrogens (tertiary/aromatic N) is 1. The lowest BCUT2D eigenvalue weighted by molar-refractivity contribution is -0.334. The second-order valence-corrected chi connectivity index (χ2v) is 4.14. The van der Waals surface area contributed by atoms with E-state index in [1.165, 1.54) is 7.05 Å². The first-order valence-electron chi connectivity index (χ1n) is 5.60. The topological polar surface area (TPSA) is 237 Å². The van der Waals surface area contributed by atoms with E-state index in [2.05, 4.69) is 4.89 Å². The second kappa shape index (κ2) is 9.91. The summed E-state index contributed by atoms with van der Waals surface area (Å²) in [4.78, 5) is 44.8. The highest BCUT2D eigenvalue weighted by Gasteiger charge is 2.33. The molecular weight excluding hydrogens is 322 g/mol. The van der Waals surface area contributed by atoms with Gasteiger partial charge in [0.1, 0.15) is 12.1 Å². The van der Waals surface area contributed by atoms with Crippen LogP contribution in [0, 0.1) is 5.41 Å². The fourth-order valence-corrected chi connectivity index (χ4v) is 1.00. The molecule has 0 fully saturated rings. The fraction of sp³-hybridized carbons (Fsp3) is 0.500. The summed E-state index contributed by atoms with van der Waals surface area (Å²) in [6.45, 7) is -0.227. The van der Waals surface area contributed by atoms with Crippen molar-refractivity contribution in [3.8, 4) is 0 Å². The molecule has 6 N–H and O–H groups in total. The van der Waals surface area contributed by atoms with Gasteiger partial charge >= 0.3 is 11.9 Å². The third-order valence-corrected chi connectivity index (χ3v) is 2.14. The van der Waals surface area contributed by atoms with Gasteiger partial charge in [-0.15, -0.1) is 0 Å². The summed E-state index contributed by atoms with van der Waals surface area (Å²) in [5.41, 5.74) is 1.98. The van der Waals surface area contributed by atoms with Crippen LogP contribution in [0.1, 0.15) is 12.8 Å². The Morgan fingerprint density at radius 3 is 1.96 bits per heavy atom. The molecule has 0 aliphatic carbocycles. The zero-order chi connectivity index (χ0) is 18.8. The lowest BCUT2D eigenvalue weighted by atomic mass is 9.96. The Hall–Kier alpha value is -2.93. The van der Waals surface area contributed by atoms with Crippen LogP contribution in [-0.4, -0.2) is 69.4 Å². The smallest absolute Gasteiger partial charge is 0.345 e. The number of likely N-dealkylation sites (N-methyl/N-ethyl adjacent to an activating group) is 1. The van der Waals surface area contributed by atoms with Gasteiger partial charge in [-0.1, -0.05) is 0 Å². The summed E-state index contributed by atoms with van der Waals surface area (Å²) in [7, 11) is 1.44. The Bertz CT molecular complexity index is 480. The molecule has 1 unspecified atom stereocenters. The lowest BCUT2D eigenvalue weighted by Gasteiger charge is -2.27. The van der Waals surface area contributed by atoms with Crippen molar-refractivity contribution >= 4 is 29.8 Å². The Morgan fingerprint density at radius 1 is 1.26 bits per heavy atom. The van der Waals surface area contributed by atoms with Gasteiger partial charge in [-0.3, -0.25) is 10.2 Å². The van der Waals surface area contributed by atoms with Gasteiger partial charge < -0.3 is 45.5 Å². The van der Waals surface area contributed by atoms with Crippen LogP contribution in [0.3, 0.4) is 0 Å². The minimum atomic E-state index is -2.95. The summed E-state index contributed by atoms with van der Waals surface area (Å²) in [6, 6.07) is 0. The number of carbonyl (C=O) groups excluding carboxylic acids is 3. The number of nitrogens with one attached hydrogen (secondary N) is 1. The maximum Gasteiger partial charge on any atom is 0.345 e. The van der Waals surface area contributed by atoms with E-state index >= 15 is 0 Å². The highest BCUT2D eigenvalue weighted by molar-refractivity contribution is 5.86. The first-order valence-corrected chi connectivity index (χ1v) is 5.60. The van der Waals surface area contributed by atoms with E-state index in [-0.39, 0.29) is 12.5 Å². The van der Waals surface area contributed by atoms with E-state index in [9.17, 15) is 29.4 Å². The zero-order valence-electron chi connectivity index (χ0n) is 11.8. The van der Waals surface area contributed by atoms with Crippen LogP contribution in [0.25, 0.3) is 0 Å². The van der Waals surface area contributed by atoms with Gasteiger partial charge in [-0.2, -0.15) is 5.26 Å². The minimum Gasteiger partial charge on any atom is -0.550 e. The summed E-state index contributed by atoms with van der Waals surface area (Å²) in [5, 5.41) is 52.0. The minimum absolute atomic E-state index is 0.227. The summed E-state index contributed by atoms with van der Waals surface area (Å²) < 4.78 is 0. The van der Waals surface area contributed by atoms with E-state index in [1.54, 1.807) is 0 Å². The van der Waals surface area contributed by atoms with Crippen molar-refractivity contribution in [2.45, 2.75) is 18.4 Å². The van der Waals surface area contributed by atoms with Crippen LogP contribution in [0.5, 0.6) is 0 Å². The third-order valence-electron chi connectivity index (χ3n) is 2.14. The maximum atomic E-state index is 10.4. The number of nitrogens with two attached hydrogens (primary N) is 1. The van der Waals surface area contributed by atoms with Crippen LogP contribution >= 0.6 is 0 Å². The molecule has 0 rings (SSSR count). The third kappa shape index (κ3) is 10.4. The van der Waals surface area contributed by atoms with Crippen LogP contribution in [0.4, 0.5) is 0 Å². The molecule has 13 nitrogen and oxygen atoms in total. The van der Waals surface area contributed by atoms with E-state index < -0.39 is 42.3 Å². The van der Waals surface area contributed by atoms with Gasteiger partial charge in [0.25, 0.3) is 0 Å². The zero-order valence-corrected chi connectivity index (χ0v) is 11.8. The van der Waals surface area contributed by atoms with Gasteiger partial charge in [0, 0.05) is 19.4 Å². The average Bonchev–Trinajstić information content (AvgIpc) is 2.37. The van der Waals surface area contributed by atoms with E-state index in [0.717, 1.165) is 4.90 Å². The van der Waals surface area contributed by atoms with Crippen LogP contribution in [0.2, 0.25) is 0 Å². The highest BCUT2D eigenvalue weighted by Crippen LogP contribution is 2.14. The van der Waals surface area contributed by atoms with Gasteiger partial charge in [0.15, 0.2) is 5.96 Å². The van der Waals surface area contributed by atoms with Crippen molar-refractivity contribution < 1.29 is 49.7 Å². The predicted molar refractivity (Wildman–Crippen MR) is 65.1 cm³/mol. The average molecular weight is 337 g/mol. The van der Waals surface area contributed by atoms with Crippen molar-refractivity contribution in [1.29, 1.82) is 5.41 Å². The molecule has 0 aromatic heterocycles. The van der Waals surface area contributed by atoms with E-state index in [4.69, 9.17) is 26.6 Å². The van der Waals surface area contributed by atoms with Gasteiger partial charge in [-0.05, 0) is 0 Å². The first kappa shape index (κ1) is 22.4. The number of rotatable bonds is 7. The second-order valence-electron chi connectivity index (χ2n) is 4.14. The molecular formula is C10H15N3O10-2. The number of carboxylic acids is 3. The summed E-state index contributed by atoms with van der Waals surface area (Å²) in [6.07, 6.45) is -2.59. The molecule has 0 aromatic rings. The maximum absolute atomic E-state index is 10.4. The predicted octanol–water partition coefficient (Wildman–Crippen LogP) is -5.09. The van der Waals surface area contributed by atoms with Gasteiger partial charge in [0.05, 0.1) is 12.4 Å². The molecule has 0 amide bonds. The molecule has 23 heavy (non-hydrogen) atoms. The van der Waals surface area contributed by atoms with Crippen molar-refractivity contribution in [2.75, 3.05) is 13.6 Å². The van der Waals surface area contributed by atoms with Crippen LogP contribution in [-0.2, 0) is 24.1 Å². The van der Waals surface area contributed by atoms with E-state index in [1.807, 2.05) is 0 Å². The molecule has 132 valence electrons. The highest BCUT2D eigenvalue weighted by atomic mass is 17.1. The number of carbonyl (C=O) groups is 4. The molecule has 0 heterocycles. The molecule has 0 aliphatic heterocycles. The molecule has 0 saturated carbocycles. The largest absolute Gasteiger partial charge is 0.550 e. The van der Waals surface area contributed by atoms with Gasteiger partial charge in [0.2, 0.25) is 0 Å². The Kier molecular flexibility index (Phi) is 9.63. The monoisotopic (exact) mass is 337 g/mol. The molecule has 0 aliphatic rings. The van der Waals surface area contributed by atoms with Crippen LogP contribution in [0.15, 0.2) is 0 Å². The van der Waals surface area contributed by atoms with Crippen molar-refractivity contribution in [3.63, 3.8) is 0 Å².